The smallest absolute Gasteiger partial charge is 0.282 e. The van der Waals surface area contributed by atoms with Gasteiger partial charge in [-0.2, -0.15) is 0 Å². The van der Waals surface area contributed by atoms with Crippen molar-refractivity contribution in [2.45, 2.75) is 31.5 Å². The van der Waals surface area contributed by atoms with E-state index in [1.807, 2.05) is 30.3 Å². The lowest BCUT2D eigenvalue weighted by Crippen LogP contribution is -2.67. The number of aliphatic hydroxyl groups excluding tert-OH is 1. The summed E-state index contributed by atoms with van der Waals surface area (Å²) in [4.78, 5) is 16.2. The number of hydrogen-bond acceptors (Lipinski definition) is 7. The van der Waals surface area contributed by atoms with E-state index in [1.165, 1.54) is 20.3 Å². The number of quaternary nitrogens is 1. The highest BCUT2D eigenvalue weighted by Gasteiger charge is 2.54. The molecule has 2 bridgehead atoms. The first kappa shape index (κ1) is 25.9. The molecule has 0 spiro atoms. The Kier molecular flexibility index (Phi) is 6.98. The lowest BCUT2D eigenvalue weighted by molar-refractivity contribution is -0.985. The molecule has 0 amide bonds. The molecule has 1 aromatic heterocycles. The third kappa shape index (κ3) is 4.35. The average Bonchev–Trinajstić information content (AvgIpc) is 2.95. The number of piperidine rings is 3. The second kappa shape index (κ2) is 10.2. The molecule has 6 rings (SSSR count). The Morgan fingerprint density at radius 1 is 1.18 bits per heavy atom. The van der Waals surface area contributed by atoms with E-state index in [1.54, 1.807) is 19.4 Å². The Balaban J connectivity index is 1.61. The van der Waals surface area contributed by atoms with Gasteiger partial charge in [0.2, 0.25) is 0 Å². The van der Waals surface area contributed by atoms with Crippen LogP contribution in [0.15, 0.2) is 55.3 Å². The molecule has 4 unspecified atom stereocenters. The second-order valence-electron chi connectivity index (χ2n) is 10.4. The van der Waals surface area contributed by atoms with Gasteiger partial charge in [-0.3, -0.25) is 15.1 Å². The Hall–Kier alpha value is -3.69. The first-order valence-electron chi connectivity index (χ1n) is 12.8. The van der Waals surface area contributed by atoms with Crippen LogP contribution in [0.3, 0.4) is 0 Å². The minimum atomic E-state index is -0.791. The topological polar surface area (TPSA) is 104 Å². The number of fused-ring (bicyclic) bond motifs is 4. The molecule has 3 saturated heterocycles. The van der Waals surface area contributed by atoms with Gasteiger partial charge in [0.1, 0.15) is 24.4 Å². The van der Waals surface area contributed by atoms with Gasteiger partial charge in [-0.25, -0.2) is 0 Å². The van der Waals surface area contributed by atoms with Crippen LogP contribution in [0.5, 0.6) is 17.2 Å². The number of aliphatic hydroxyl groups is 1. The normalized spacial score (nSPS) is 25.1. The van der Waals surface area contributed by atoms with E-state index in [4.69, 9.17) is 14.2 Å². The van der Waals surface area contributed by atoms with E-state index in [9.17, 15) is 15.2 Å². The van der Waals surface area contributed by atoms with Crippen molar-refractivity contribution < 1.29 is 28.7 Å². The van der Waals surface area contributed by atoms with Crippen molar-refractivity contribution in [3.8, 4) is 17.2 Å². The van der Waals surface area contributed by atoms with Crippen LogP contribution in [0, 0.1) is 22.0 Å². The number of methoxy groups -OCH3 is 3. The molecule has 3 aromatic rings. The van der Waals surface area contributed by atoms with E-state index in [-0.39, 0.29) is 22.6 Å². The molecule has 38 heavy (non-hydrogen) atoms. The first-order valence-corrected chi connectivity index (χ1v) is 12.8. The van der Waals surface area contributed by atoms with E-state index in [0.717, 1.165) is 42.4 Å². The van der Waals surface area contributed by atoms with Gasteiger partial charge < -0.3 is 23.8 Å². The minimum absolute atomic E-state index is 0.00895. The van der Waals surface area contributed by atoms with Gasteiger partial charge in [0.15, 0.2) is 11.5 Å². The molecule has 1 N–H and O–H groups in total. The van der Waals surface area contributed by atoms with Crippen LogP contribution >= 0.6 is 0 Å². The number of ether oxygens (including phenoxy) is 3. The molecule has 5 atom stereocenters. The molecule has 3 aliphatic heterocycles. The number of nitrogens with zero attached hydrogens (tertiary/aromatic N) is 3. The zero-order valence-electron chi connectivity index (χ0n) is 22.0. The van der Waals surface area contributed by atoms with Crippen molar-refractivity contribution in [3.05, 3.63) is 76.5 Å². The third-order valence-electron chi connectivity index (χ3n) is 8.61. The van der Waals surface area contributed by atoms with Crippen LogP contribution in [-0.2, 0) is 6.54 Å². The van der Waals surface area contributed by atoms with E-state index >= 15 is 0 Å². The van der Waals surface area contributed by atoms with Gasteiger partial charge >= 0.3 is 0 Å². The molecule has 0 aliphatic carbocycles. The quantitative estimate of drug-likeness (QED) is 0.187. The maximum Gasteiger partial charge on any atom is 0.282 e. The van der Waals surface area contributed by atoms with Crippen LogP contribution < -0.4 is 14.2 Å². The summed E-state index contributed by atoms with van der Waals surface area (Å²) in [6.07, 6.45) is 4.72. The first-order chi connectivity index (χ1) is 18.3. The van der Waals surface area contributed by atoms with Crippen molar-refractivity contribution in [3.63, 3.8) is 0 Å². The lowest BCUT2D eigenvalue weighted by atomic mass is 9.71. The zero-order valence-corrected chi connectivity index (χ0v) is 22.0. The largest absolute Gasteiger partial charge is 0.497 e. The van der Waals surface area contributed by atoms with E-state index < -0.39 is 6.10 Å². The average molecular weight is 521 g/mol. The fourth-order valence-electron chi connectivity index (χ4n) is 6.67. The maximum atomic E-state index is 12.1. The number of aromatic nitrogens is 1. The van der Waals surface area contributed by atoms with Crippen molar-refractivity contribution in [2.24, 2.45) is 11.8 Å². The van der Waals surface area contributed by atoms with Crippen LogP contribution in [-0.4, -0.2) is 60.0 Å². The molecule has 9 heteroatoms. The Labute approximate surface area is 222 Å². The van der Waals surface area contributed by atoms with Crippen molar-refractivity contribution in [1.82, 2.24) is 4.98 Å². The molecule has 200 valence electrons. The molecular formula is C29H34N3O6+. The highest BCUT2D eigenvalue weighted by Crippen LogP contribution is 2.49. The molecule has 2 aromatic carbocycles. The summed E-state index contributed by atoms with van der Waals surface area (Å²) in [5.41, 5.74) is 2.13. The van der Waals surface area contributed by atoms with Gasteiger partial charge in [-0.1, -0.05) is 6.08 Å². The van der Waals surface area contributed by atoms with Gasteiger partial charge in [0, 0.05) is 30.3 Å². The van der Waals surface area contributed by atoms with E-state index in [2.05, 4.69) is 11.6 Å². The van der Waals surface area contributed by atoms with Gasteiger partial charge in [-0.15, -0.1) is 6.58 Å². The number of nitro benzene ring substituents is 1. The number of nitro groups is 1. The van der Waals surface area contributed by atoms with E-state index in [0.29, 0.717) is 39.8 Å². The predicted molar refractivity (Wildman–Crippen MR) is 143 cm³/mol. The summed E-state index contributed by atoms with van der Waals surface area (Å²) in [5, 5.41) is 25.0. The summed E-state index contributed by atoms with van der Waals surface area (Å²) >= 11 is 0. The van der Waals surface area contributed by atoms with Crippen LogP contribution in [0.1, 0.15) is 30.1 Å². The number of benzene rings is 2. The van der Waals surface area contributed by atoms with Crippen molar-refractivity contribution in [1.29, 1.82) is 0 Å². The summed E-state index contributed by atoms with van der Waals surface area (Å²) in [6, 6.07) is 10.5. The number of rotatable bonds is 9. The summed E-state index contributed by atoms with van der Waals surface area (Å²) < 4.78 is 16.8. The van der Waals surface area contributed by atoms with Crippen LogP contribution in [0.4, 0.5) is 5.69 Å². The molecule has 0 radical (unpaired) electrons. The van der Waals surface area contributed by atoms with Gasteiger partial charge in [0.05, 0.1) is 56.5 Å². The van der Waals surface area contributed by atoms with Crippen LogP contribution in [0.2, 0.25) is 0 Å². The standard InChI is InChI=1S/C29H34N3O6/c1-5-18-16-32(17-20-13-27(37-3)28(38-4)15-25(20)31(34)35)11-9-19(18)12-26(32)29(33)22-8-10-30-24-7-6-21(36-2)14-23(22)24/h5-8,10,13-15,18-19,26,29,33H,1,9,11-12,16-17H2,2-4H3/q+1/t18?,19?,26?,29-,32?/m0/s1. The maximum absolute atomic E-state index is 12.1. The highest BCUT2D eigenvalue weighted by atomic mass is 16.6. The number of hydrogen-bond donors (Lipinski definition) is 1. The zero-order chi connectivity index (χ0) is 27.0. The lowest BCUT2D eigenvalue weighted by Gasteiger charge is -2.58. The third-order valence-corrected chi connectivity index (χ3v) is 8.61. The highest BCUT2D eigenvalue weighted by molar-refractivity contribution is 5.83. The predicted octanol–water partition coefficient (Wildman–Crippen LogP) is 4.81. The van der Waals surface area contributed by atoms with Gasteiger partial charge in [-0.05, 0) is 41.8 Å². The molecule has 4 heterocycles. The van der Waals surface area contributed by atoms with Gasteiger partial charge in [0.25, 0.3) is 5.69 Å². The number of pyridine rings is 1. The Morgan fingerprint density at radius 2 is 1.95 bits per heavy atom. The minimum Gasteiger partial charge on any atom is -0.497 e. The summed E-state index contributed by atoms with van der Waals surface area (Å²) in [5.74, 6) is 2.15. The molecule has 3 fully saturated rings. The summed E-state index contributed by atoms with van der Waals surface area (Å²) in [6.45, 7) is 6.05. The molecule has 3 aliphatic rings. The monoisotopic (exact) mass is 520 g/mol. The fourth-order valence-corrected chi connectivity index (χ4v) is 6.67. The second-order valence-corrected chi connectivity index (χ2v) is 10.4. The van der Waals surface area contributed by atoms with Crippen molar-refractivity contribution in [2.75, 3.05) is 34.4 Å². The SMILES string of the molecule is C=CC1C[N+]2(Cc3cc(OC)c(OC)cc3[N+](=O)[O-])CCC1CC2[C@@H](O)c1ccnc2ccc(OC)cc12. The Bertz CT molecular complexity index is 1380. The molecule has 0 saturated carbocycles. The van der Waals surface area contributed by atoms with Crippen LogP contribution in [0.25, 0.3) is 10.9 Å². The fraction of sp³-hybridized carbons (Fsp3) is 0.414. The molecular weight excluding hydrogens is 486 g/mol. The molecule has 9 nitrogen and oxygen atoms in total. The van der Waals surface area contributed by atoms with Crippen molar-refractivity contribution >= 4 is 16.6 Å². The summed E-state index contributed by atoms with van der Waals surface area (Å²) in [7, 11) is 4.61. The Morgan fingerprint density at radius 3 is 2.63 bits per heavy atom.